The summed E-state index contributed by atoms with van der Waals surface area (Å²) in [6.07, 6.45) is 1.27. The van der Waals surface area contributed by atoms with Gasteiger partial charge in [0.2, 0.25) is 5.95 Å². The number of hydrogen-bond donors (Lipinski definition) is 1. The van der Waals surface area contributed by atoms with Gasteiger partial charge in [-0.25, -0.2) is 9.78 Å². The summed E-state index contributed by atoms with van der Waals surface area (Å²) in [4.78, 5) is 22.6. The molecular formula is C20H24N4O4. The molecule has 0 aliphatic carbocycles. The van der Waals surface area contributed by atoms with Gasteiger partial charge in [0.1, 0.15) is 25.6 Å². The zero-order chi connectivity index (χ0) is 19.7. The smallest absolute Gasteiger partial charge is 0.415 e. The Hall–Kier alpha value is -3.03. The van der Waals surface area contributed by atoms with Crippen molar-refractivity contribution in [3.63, 3.8) is 0 Å². The molecule has 2 aromatic rings. The first-order valence-electron chi connectivity index (χ1n) is 9.48. The van der Waals surface area contributed by atoms with Gasteiger partial charge in [-0.1, -0.05) is 19.9 Å². The van der Waals surface area contributed by atoms with Gasteiger partial charge in [0.25, 0.3) is 0 Å². The van der Waals surface area contributed by atoms with E-state index in [4.69, 9.17) is 14.2 Å². The van der Waals surface area contributed by atoms with Gasteiger partial charge in [0.05, 0.1) is 12.1 Å². The predicted molar refractivity (Wildman–Crippen MR) is 104 cm³/mol. The molecule has 2 atom stereocenters. The van der Waals surface area contributed by atoms with E-state index in [-0.39, 0.29) is 24.1 Å². The number of ether oxygens (including phenoxy) is 3. The molecule has 4 rings (SSSR count). The molecule has 1 aromatic carbocycles. The third-order valence-corrected chi connectivity index (χ3v) is 4.97. The summed E-state index contributed by atoms with van der Waals surface area (Å²) in [5.41, 5.74) is 1.03. The maximum Gasteiger partial charge on any atom is 0.415 e. The molecule has 0 unspecified atom stereocenters. The van der Waals surface area contributed by atoms with Crippen LogP contribution < -0.4 is 19.7 Å². The molecule has 0 saturated carbocycles. The van der Waals surface area contributed by atoms with Crippen LogP contribution in [0.15, 0.2) is 30.5 Å². The van der Waals surface area contributed by atoms with Crippen LogP contribution in [0.5, 0.6) is 11.5 Å². The molecule has 0 spiro atoms. The van der Waals surface area contributed by atoms with E-state index in [1.165, 1.54) is 0 Å². The van der Waals surface area contributed by atoms with Crippen molar-refractivity contribution in [1.29, 1.82) is 0 Å². The van der Waals surface area contributed by atoms with Gasteiger partial charge in [-0.15, -0.1) is 0 Å². The summed E-state index contributed by atoms with van der Waals surface area (Å²) < 4.78 is 16.4. The molecule has 28 heavy (non-hydrogen) atoms. The minimum atomic E-state index is -0.372. The minimum absolute atomic E-state index is 0.0366. The lowest BCUT2D eigenvalue weighted by molar-refractivity contribution is 0.171. The van der Waals surface area contributed by atoms with Crippen LogP contribution in [0.3, 0.4) is 0 Å². The highest BCUT2D eigenvalue weighted by Crippen LogP contribution is 2.33. The van der Waals surface area contributed by atoms with Crippen LogP contribution in [0.4, 0.5) is 16.6 Å². The molecule has 0 radical (unpaired) electrons. The number of rotatable bonds is 5. The Morgan fingerprint density at radius 1 is 1.11 bits per heavy atom. The number of benzene rings is 1. The quantitative estimate of drug-likeness (QED) is 0.845. The lowest BCUT2D eigenvalue weighted by Crippen LogP contribution is -2.37. The van der Waals surface area contributed by atoms with E-state index in [2.05, 4.69) is 29.1 Å². The van der Waals surface area contributed by atoms with Crippen molar-refractivity contribution in [2.75, 3.05) is 30.0 Å². The number of aromatic nitrogens is 2. The second-order valence-corrected chi connectivity index (χ2v) is 7.27. The Kier molecular flexibility index (Phi) is 4.93. The number of anilines is 2. The normalized spacial score (nSPS) is 19.5. The molecule has 0 bridgehead atoms. The summed E-state index contributed by atoms with van der Waals surface area (Å²) >= 11 is 0. The molecule has 1 saturated heterocycles. The fourth-order valence-electron chi connectivity index (χ4n) is 3.35. The first-order chi connectivity index (χ1) is 13.5. The number of cyclic esters (lactones) is 1. The first kappa shape index (κ1) is 18.3. The van der Waals surface area contributed by atoms with Gasteiger partial charge in [-0.3, -0.25) is 4.90 Å². The van der Waals surface area contributed by atoms with Crippen LogP contribution >= 0.6 is 0 Å². The lowest BCUT2D eigenvalue weighted by atomic mass is 10.0. The number of nitrogens with zero attached hydrogens (tertiary/aromatic N) is 3. The molecule has 1 aromatic heterocycles. The topological polar surface area (TPSA) is 85.8 Å². The van der Waals surface area contributed by atoms with Gasteiger partial charge in [0, 0.05) is 6.20 Å². The molecule has 2 aliphatic rings. The van der Waals surface area contributed by atoms with E-state index >= 15 is 0 Å². The van der Waals surface area contributed by atoms with Gasteiger partial charge >= 0.3 is 6.09 Å². The zero-order valence-corrected chi connectivity index (χ0v) is 16.2. The van der Waals surface area contributed by atoms with Crippen LogP contribution in [-0.2, 0) is 4.74 Å². The van der Waals surface area contributed by atoms with Crippen LogP contribution in [-0.4, -0.2) is 41.9 Å². The number of carbonyl (C=O) groups is 1. The monoisotopic (exact) mass is 384 g/mol. The van der Waals surface area contributed by atoms with Gasteiger partial charge in [-0.05, 0) is 36.6 Å². The Bertz CT molecular complexity index is 873. The van der Waals surface area contributed by atoms with Gasteiger partial charge in [0.15, 0.2) is 11.5 Å². The SMILES string of the molecule is CC(C)[C@H]1COC(=O)N1c1ccnc(N[C@H](C)c2ccc3c(c2)OCCO3)n1. The Labute approximate surface area is 163 Å². The summed E-state index contributed by atoms with van der Waals surface area (Å²) in [5, 5.41) is 3.29. The standard InChI is InChI=1S/C20H24N4O4/c1-12(2)15-11-28-20(25)24(15)18-6-7-21-19(23-18)22-13(3)14-4-5-16-17(10-14)27-9-8-26-16/h4-7,10,12-13,15H,8-9,11H2,1-3H3,(H,21,22,23)/t13-,15-/m1/s1. The number of nitrogens with one attached hydrogen (secondary N) is 1. The van der Waals surface area contributed by atoms with E-state index < -0.39 is 0 Å². The first-order valence-corrected chi connectivity index (χ1v) is 9.48. The van der Waals surface area contributed by atoms with Crippen molar-refractivity contribution in [3.05, 3.63) is 36.0 Å². The number of hydrogen-bond acceptors (Lipinski definition) is 7. The molecular weight excluding hydrogens is 360 g/mol. The lowest BCUT2D eigenvalue weighted by Gasteiger charge is -2.24. The van der Waals surface area contributed by atoms with E-state index in [1.807, 2.05) is 25.1 Å². The fourth-order valence-corrected chi connectivity index (χ4v) is 3.35. The van der Waals surface area contributed by atoms with Gasteiger partial charge < -0.3 is 19.5 Å². The van der Waals surface area contributed by atoms with Crippen molar-refractivity contribution in [3.8, 4) is 11.5 Å². The van der Waals surface area contributed by atoms with Crippen molar-refractivity contribution >= 4 is 17.9 Å². The molecule has 1 N–H and O–H groups in total. The van der Waals surface area contributed by atoms with Crippen LogP contribution in [0, 0.1) is 5.92 Å². The van der Waals surface area contributed by atoms with Gasteiger partial charge in [-0.2, -0.15) is 4.98 Å². The third kappa shape index (κ3) is 3.54. The predicted octanol–water partition coefficient (Wildman–Crippen LogP) is 3.40. The maximum absolute atomic E-state index is 12.2. The van der Waals surface area contributed by atoms with Crippen molar-refractivity contribution in [2.45, 2.75) is 32.9 Å². The van der Waals surface area contributed by atoms with Crippen molar-refractivity contribution in [1.82, 2.24) is 9.97 Å². The molecule has 1 amide bonds. The fraction of sp³-hybridized carbons (Fsp3) is 0.450. The van der Waals surface area contributed by atoms with Crippen LogP contribution in [0.1, 0.15) is 32.4 Å². The Balaban J connectivity index is 1.52. The third-order valence-electron chi connectivity index (χ3n) is 4.97. The van der Waals surface area contributed by atoms with E-state index in [0.29, 0.717) is 31.6 Å². The molecule has 148 valence electrons. The second-order valence-electron chi connectivity index (χ2n) is 7.27. The largest absolute Gasteiger partial charge is 0.486 e. The maximum atomic E-state index is 12.2. The second kappa shape index (κ2) is 7.53. The highest BCUT2D eigenvalue weighted by atomic mass is 16.6. The van der Waals surface area contributed by atoms with Crippen LogP contribution in [0.2, 0.25) is 0 Å². The highest BCUT2D eigenvalue weighted by molar-refractivity contribution is 5.89. The molecule has 1 fully saturated rings. The van der Waals surface area contributed by atoms with E-state index in [0.717, 1.165) is 17.1 Å². The number of amides is 1. The molecule has 8 nitrogen and oxygen atoms in total. The Morgan fingerprint density at radius 3 is 2.68 bits per heavy atom. The summed E-state index contributed by atoms with van der Waals surface area (Å²) in [7, 11) is 0. The van der Waals surface area contributed by atoms with Crippen LogP contribution in [0.25, 0.3) is 0 Å². The number of fused-ring (bicyclic) bond motifs is 1. The number of carbonyl (C=O) groups excluding carboxylic acids is 1. The summed E-state index contributed by atoms with van der Waals surface area (Å²) in [6.45, 7) is 7.62. The van der Waals surface area contributed by atoms with E-state index in [1.54, 1.807) is 17.2 Å². The highest BCUT2D eigenvalue weighted by Gasteiger charge is 2.37. The summed E-state index contributed by atoms with van der Waals surface area (Å²) in [6, 6.07) is 7.49. The Morgan fingerprint density at radius 2 is 1.89 bits per heavy atom. The molecule has 3 heterocycles. The van der Waals surface area contributed by atoms with E-state index in [9.17, 15) is 4.79 Å². The zero-order valence-electron chi connectivity index (χ0n) is 16.2. The average Bonchev–Trinajstić information content (AvgIpc) is 3.09. The average molecular weight is 384 g/mol. The summed E-state index contributed by atoms with van der Waals surface area (Å²) in [5.74, 6) is 2.74. The van der Waals surface area contributed by atoms with Crippen molar-refractivity contribution < 1.29 is 19.0 Å². The minimum Gasteiger partial charge on any atom is -0.486 e. The molecule has 8 heteroatoms. The van der Waals surface area contributed by atoms with Crippen molar-refractivity contribution in [2.24, 2.45) is 5.92 Å². The molecule has 2 aliphatic heterocycles.